The average molecular weight is 306 g/mol. The Morgan fingerprint density at radius 2 is 1.33 bits per heavy atom. The molecule has 0 bridgehead atoms. The Morgan fingerprint density at radius 1 is 0.810 bits per heavy atom. The molecule has 2 aliphatic heterocycles. The van der Waals surface area contributed by atoms with Gasteiger partial charge in [-0.05, 0) is 38.5 Å². The minimum absolute atomic E-state index is 0.0295. The molecule has 5 heteroatoms. The lowest BCUT2D eigenvalue weighted by molar-refractivity contribution is -0.681. The molecule has 4 N–H and O–H groups in total. The van der Waals surface area contributed by atoms with E-state index in [1.54, 1.807) is 0 Å². The van der Waals surface area contributed by atoms with Crippen molar-refractivity contribution in [1.29, 1.82) is 0 Å². The Bertz CT molecular complexity index is 335. The van der Waals surface area contributed by atoms with Crippen molar-refractivity contribution in [1.82, 2.24) is 0 Å². The zero-order valence-electron chi connectivity index (χ0n) is 12.9. The van der Waals surface area contributed by atoms with Crippen molar-refractivity contribution in [3.63, 3.8) is 0 Å². The summed E-state index contributed by atoms with van der Waals surface area (Å²) in [6.07, 6.45) is 6.26. The maximum atomic E-state index is 12.6. The van der Waals surface area contributed by atoms with Crippen LogP contribution in [-0.4, -0.2) is 38.3 Å². The summed E-state index contributed by atoms with van der Waals surface area (Å²) < 4.78 is 37.6. The van der Waals surface area contributed by atoms with Crippen LogP contribution in [0, 0.1) is 10.8 Å². The maximum Gasteiger partial charge on any atom is 0.249 e. The number of hydrogen-bond acceptors (Lipinski definition) is 0. The van der Waals surface area contributed by atoms with Crippen LogP contribution in [0.25, 0.3) is 0 Å². The molecular weight excluding hydrogens is 277 g/mol. The van der Waals surface area contributed by atoms with Gasteiger partial charge in [0.05, 0.1) is 26.2 Å². The minimum Gasteiger partial charge on any atom is -0.346 e. The summed E-state index contributed by atoms with van der Waals surface area (Å²) in [6.45, 7) is 4.52. The number of nitrogens with two attached hydrogens (primary N) is 2. The predicted octanol–water partition coefficient (Wildman–Crippen LogP) is 1.22. The number of halogens is 3. The third-order valence-electron chi connectivity index (χ3n) is 5.96. The highest BCUT2D eigenvalue weighted by Crippen LogP contribution is 2.54. The second-order valence-corrected chi connectivity index (χ2v) is 7.99. The summed E-state index contributed by atoms with van der Waals surface area (Å²) in [6, 6.07) is 0. The highest BCUT2D eigenvalue weighted by atomic mass is 19.3. The fraction of sp³-hybridized carbons (Fsp3) is 1.00. The van der Waals surface area contributed by atoms with E-state index in [0.29, 0.717) is 5.41 Å². The van der Waals surface area contributed by atoms with Gasteiger partial charge in [0.2, 0.25) is 5.92 Å². The SMILES string of the molecule is FC1(F)CC2(CCC[NH2+]C2)C1.FC1CC2(CCC[NH2+]C2)C1. The van der Waals surface area contributed by atoms with Gasteiger partial charge in [-0.15, -0.1) is 0 Å². The van der Waals surface area contributed by atoms with E-state index in [9.17, 15) is 13.2 Å². The summed E-state index contributed by atoms with van der Waals surface area (Å²) in [4.78, 5) is 0. The van der Waals surface area contributed by atoms with E-state index in [1.807, 2.05) is 0 Å². The lowest BCUT2D eigenvalue weighted by Crippen LogP contribution is -2.90. The number of piperidine rings is 2. The molecule has 0 aromatic carbocycles. The Hall–Kier alpha value is -0.290. The molecule has 0 amide bonds. The largest absolute Gasteiger partial charge is 0.346 e. The summed E-state index contributed by atoms with van der Waals surface area (Å²) in [5.74, 6) is -2.33. The molecule has 2 aliphatic carbocycles. The molecule has 0 aromatic rings. The van der Waals surface area contributed by atoms with Crippen molar-refractivity contribution >= 4 is 0 Å². The van der Waals surface area contributed by atoms with Gasteiger partial charge in [0.1, 0.15) is 6.17 Å². The first-order valence-electron chi connectivity index (χ1n) is 8.58. The van der Waals surface area contributed by atoms with Gasteiger partial charge in [-0.2, -0.15) is 0 Å². The third kappa shape index (κ3) is 3.55. The van der Waals surface area contributed by atoms with Crippen molar-refractivity contribution in [2.24, 2.45) is 10.8 Å². The van der Waals surface area contributed by atoms with Gasteiger partial charge in [-0.3, -0.25) is 0 Å². The van der Waals surface area contributed by atoms with E-state index < -0.39 is 12.1 Å². The molecule has 21 heavy (non-hydrogen) atoms. The molecule has 2 heterocycles. The van der Waals surface area contributed by atoms with Crippen molar-refractivity contribution in [2.45, 2.75) is 63.5 Å². The Balaban J connectivity index is 0.000000126. The summed E-state index contributed by atoms with van der Waals surface area (Å²) in [5, 5.41) is 4.52. The molecule has 4 fully saturated rings. The highest BCUT2D eigenvalue weighted by Gasteiger charge is 2.57. The molecule has 2 nitrogen and oxygen atoms in total. The molecule has 4 aliphatic rings. The number of alkyl halides is 3. The van der Waals surface area contributed by atoms with Crippen LogP contribution >= 0.6 is 0 Å². The first-order chi connectivity index (χ1) is 9.93. The molecule has 0 aromatic heterocycles. The Morgan fingerprint density at radius 3 is 1.71 bits per heavy atom. The zero-order valence-corrected chi connectivity index (χ0v) is 12.9. The standard InChI is InChI=1S/C8H13F2N.C8H14FN/c9-8(10)4-7(5-8)2-1-3-11-6-7;9-7-4-8(5-7)2-1-3-10-6-8/h11H,1-6H2;7,10H,1-6H2/p+2. The smallest absolute Gasteiger partial charge is 0.249 e. The molecule has 0 atom stereocenters. The number of rotatable bonds is 0. The summed E-state index contributed by atoms with van der Waals surface area (Å²) in [7, 11) is 0. The van der Waals surface area contributed by atoms with Crippen LogP contribution in [0.3, 0.4) is 0 Å². The van der Waals surface area contributed by atoms with Gasteiger partial charge < -0.3 is 10.6 Å². The second kappa shape index (κ2) is 5.73. The normalized spacial score (nSPS) is 35.3. The van der Waals surface area contributed by atoms with Gasteiger partial charge in [-0.1, -0.05) is 0 Å². The third-order valence-corrected chi connectivity index (χ3v) is 5.96. The summed E-state index contributed by atoms with van der Waals surface area (Å²) in [5.41, 5.74) is 0.472. The first-order valence-corrected chi connectivity index (χ1v) is 8.58. The predicted molar refractivity (Wildman–Crippen MR) is 75.0 cm³/mol. The van der Waals surface area contributed by atoms with Crippen LogP contribution in [0.4, 0.5) is 13.2 Å². The van der Waals surface area contributed by atoms with Crippen molar-refractivity contribution in [2.75, 3.05) is 26.2 Å². The lowest BCUT2D eigenvalue weighted by atomic mass is 9.62. The monoisotopic (exact) mass is 306 g/mol. The fourth-order valence-corrected chi connectivity index (χ4v) is 4.88. The van der Waals surface area contributed by atoms with Crippen LogP contribution in [-0.2, 0) is 0 Å². The number of quaternary nitrogens is 2. The van der Waals surface area contributed by atoms with Gasteiger partial charge in [0.25, 0.3) is 0 Å². The molecular formula is C16H29F3N2+2. The van der Waals surface area contributed by atoms with E-state index in [4.69, 9.17) is 0 Å². The van der Waals surface area contributed by atoms with E-state index in [2.05, 4.69) is 10.6 Å². The quantitative estimate of drug-likeness (QED) is 0.675. The van der Waals surface area contributed by atoms with Crippen LogP contribution in [0.15, 0.2) is 0 Å². The van der Waals surface area contributed by atoms with E-state index in [-0.39, 0.29) is 18.3 Å². The van der Waals surface area contributed by atoms with Gasteiger partial charge in [0.15, 0.2) is 0 Å². The van der Waals surface area contributed by atoms with Crippen molar-refractivity contribution in [3.05, 3.63) is 0 Å². The van der Waals surface area contributed by atoms with Crippen molar-refractivity contribution < 1.29 is 23.8 Å². The molecule has 2 saturated heterocycles. The fourth-order valence-electron chi connectivity index (χ4n) is 4.88. The molecule has 122 valence electrons. The maximum absolute atomic E-state index is 12.6. The minimum atomic E-state index is -2.33. The average Bonchev–Trinajstić information content (AvgIpc) is 2.38. The molecule has 4 rings (SSSR count). The van der Waals surface area contributed by atoms with Crippen LogP contribution in [0.5, 0.6) is 0 Å². The Labute approximate surface area is 125 Å². The molecule has 2 saturated carbocycles. The molecule has 0 unspecified atom stereocenters. The second-order valence-electron chi connectivity index (χ2n) is 7.99. The van der Waals surface area contributed by atoms with Gasteiger partial charge >= 0.3 is 0 Å². The van der Waals surface area contributed by atoms with E-state index in [1.165, 1.54) is 25.9 Å². The van der Waals surface area contributed by atoms with Crippen LogP contribution in [0.2, 0.25) is 0 Å². The summed E-state index contributed by atoms with van der Waals surface area (Å²) >= 11 is 0. The van der Waals surface area contributed by atoms with E-state index in [0.717, 1.165) is 38.8 Å². The topological polar surface area (TPSA) is 33.2 Å². The van der Waals surface area contributed by atoms with Gasteiger partial charge in [-0.25, -0.2) is 13.2 Å². The molecule has 2 spiro atoms. The van der Waals surface area contributed by atoms with E-state index >= 15 is 0 Å². The zero-order chi connectivity index (χ0) is 15.0. The van der Waals surface area contributed by atoms with Gasteiger partial charge in [0, 0.05) is 23.7 Å². The lowest BCUT2D eigenvalue weighted by Gasteiger charge is -2.47. The van der Waals surface area contributed by atoms with Crippen LogP contribution in [0.1, 0.15) is 51.4 Å². The highest BCUT2D eigenvalue weighted by molar-refractivity contribution is 4.99. The number of hydrogen-bond donors (Lipinski definition) is 2. The Kier molecular flexibility index (Phi) is 4.25. The first kappa shape index (κ1) is 15.6. The van der Waals surface area contributed by atoms with Crippen molar-refractivity contribution in [3.8, 4) is 0 Å². The molecule has 0 radical (unpaired) electrons. The van der Waals surface area contributed by atoms with Crippen LogP contribution < -0.4 is 10.6 Å².